The van der Waals surface area contributed by atoms with Gasteiger partial charge in [0.15, 0.2) is 0 Å². The van der Waals surface area contributed by atoms with Gasteiger partial charge in [-0.3, -0.25) is 0 Å². The second-order valence-electron chi connectivity index (χ2n) is 21.3. The van der Waals surface area contributed by atoms with Crippen LogP contribution < -0.4 is 9.80 Å². The van der Waals surface area contributed by atoms with E-state index in [4.69, 9.17) is 0 Å². The fourth-order valence-electron chi connectivity index (χ4n) is 12.1. The van der Waals surface area contributed by atoms with E-state index in [1.54, 1.807) is 0 Å². The molecule has 0 saturated carbocycles. The highest BCUT2D eigenvalue weighted by Crippen LogP contribution is 2.44. The minimum atomic E-state index is 1.10. The number of anilines is 6. The Kier molecular flexibility index (Phi) is 12.1. The van der Waals surface area contributed by atoms with E-state index in [1.165, 1.54) is 99.2 Å². The summed E-state index contributed by atoms with van der Waals surface area (Å²) in [6, 6.07) is 102. The lowest BCUT2D eigenvalue weighted by atomic mass is 9.99. The molecule has 0 saturated heterocycles. The third kappa shape index (κ3) is 8.59. The quantitative estimate of drug-likeness (QED) is 0.128. The highest BCUT2D eigenvalue weighted by atomic mass is 15.1. The van der Waals surface area contributed by atoms with Crippen molar-refractivity contribution < 1.29 is 0 Å². The normalized spacial score (nSPS) is 11.5. The summed E-state index contributed by atoms with van der Waals surface area (Å²) in [6.07, 6.45) is 0. The molecular weight excluding hydrogens is 969 g/mol. The van der Waals surface area contributed by atoms with Crippen LogP contribution in [0.4, 0.5) is 34.1 Å². The van der Waals surface area contributed by atoms with E-state index in [0.717, 1.165) is 45.5 Å². The Morgan fingerprint density at radius 1 is 0.250 bits per heavy atom. The summed E-state index contributed by atoms with van der Waals surface area (Å²) in [5.74, 6) is 0. The van der Waals surface area contributed by atoms with E-state index in [1.807, 2.05) is 0 Å². The molecule has 14 rings (SSSR count). The number of benzene rings is 12. The van der Waals surface area contributed by atoms with Gasteiger partial charge >= 0.3 is 0 Å². The highest BCUT2D eigenvalue weighted by molar-refractivity contribution is 6.00. The zero-order valence-corrected chi connectivity index (χ0v) is 45.3. The standard InChI is InChI=1S/C76H58N4/c1-51-23-31-63(32-24-51)77(69-35-27-55-15-11-13-21-59(55)47-69)65-37-41-67(42-38-65)79-73-45-29-61(49-71(73)53(3)75(79)57-17-7-5-8-18-57)62-30-46-74-72(50-62)54(4)76(58-19-9-6-10-20-58)80(74)68-43-39-66(40-44-68)78(64-33-25-52(2)26-34-64)70-36-28-56-16-12-14-22-60(56)48-70/h5-50H,1-4H3. The smallest absolute Gasteiger partial charge is 0.0570 e. The van der Waals surface area contributed by atoms with Gasteiger partial charge in [0.1, 0.15) is 0 Å². The molecule has 0 unspecified atom stereocenters. The molecule has 2 heterocycles. The number of nitrogens with zero attached hydrogens (tertiary/aromatic N) is 4. The SMILES string of the molecule is Cc1ccc(N(c2ccc(-n3c(-c4ccccc4)c(C)c4cc(-c5ccc6c(c5)c(C)c(-c5ccccc5)n6-c5ccc(N(c6ccc(C)cc6)c6ccc7ccccc7c6)cc5)ccc43)cc2)c2ccc3ccccc3c2)cc1. The molecule has 0 spiro atoms. The van der Waals surface area contributed by atoms with Gasteiger partial charge in [-0.2, -0.15) is 0 Å². The largest absolute Gasteiger partial charge is 0.310 e. The molecule has 0 radical (unpaired) electrons. The van der Waals surface area contributed by atoms with Crippen LogP contribution in [-0.2, 0) is 0 Å². The van der Waals surface area contributed by atoms with Crippen LogP contribution in [0.3, 0.4) is 0 Å². The number of aromatic nitrogens is 2. The van der Waals surface area contributed by atoms with E-state index >= 15 is 0 Å². The molecular formula is C76H58N4. The van der Waals surface area contributed by atoms with Crippen LogP contribution in [0.25, 0.3) is 88.4 Å². The molecule has 0 aliphatic carbocycles. The van der Waals surface area contributed by atoms with Crippen molar-refractivity contribution >= 4 is 77.5 Å². The van der Waals surface area contributed by atoms with Gasteiger partial charge in [0.05, 0.1) is 22.4 Å². The van der Waals surface area contributed by atoms with Crippen molar-refractivity contribution in [3.8, 4) is 45.0 Å². The molecule has 4 heteroatoms. The summed E-state index contributed by atoms with van der Waals surface area (Å²) in [7, 11) is 0. The van der Waals surface area contributed by atoms with E-state index < -0.39 is 0 Å². The number of fused-ring (bicyclic) bond motifs is 4. The number of rotatable bonds is 11. The fraction of sp³-hybridized carbons (Fsp3) is 0.0526. The van der Waals surface area contributed by atoms with Gasteiger partial charge in [-0.25, -0.2) is 0 Å². The first-order valence-electron chi connectivity index (χ1n) is 27.6. The summed E-state index contributed by atoms with van der Waals surface area (Å²) in [5.41, 5.74) is 23.3. The van der Waals surface area contributed by atoms with Gasteiger partial charge in [-0.05, 0) is 204 Å². The van der Waals surface area contributed by atoms with Gasteiger partial charge in [-0.15, -0.1) is 0 Å². The van der Waals surface area contributed by atoms with Crippen molar-refractivity contribution in [1.82, 2.24) is 9.13 Å². The highest BCUT2D eigenvalue weighted by Gasteiger charge is 2.23. The number of hydrogen-bond donors (Lipinski definition) is 0. The maximum absolute atomic E-state index is 2.45. The van der Waals surface area contributed by atoms with Gasteiger partial charge in [0, 0.05) is 56.3 Å². The molecule has 12 aromatic carbocycles. The molecule has 80 heavy (non-hydrogen) atoms. The van der Waals surface area contributed by atoms with E-state index in [-0.39, 0.29) is 0 Å². The third-order valence-corrected chi connectivity index (χ3v) is 16.2. The van der Waals surface area contributed by atoms with Crippen molar-refractivity contribution in [2.24, 2.45) is 0 Å². The first-order valence-corrected chi connectivity index (χ1v) is 27.6. The molecule has 2 aromatic heterocycles. The predicted octanol–water partition coefficient (Wildman–Crippen LogP) is 21.1. The Balaban J connectivity index is 0.857. The monoisotopic (exact) mass is 1030 g/mol. The van der Waals surface area contributed by atoms with Crippen LogP contribution >= 0.6 is 0 Å². The number of hydrogen-bond acceptors (Lipinski definition) is 2. The molecule has 14 aromatic rings. The lowest BCUT2D eigenvalue weighted by Gasteiger charge is -2.26. The Hall–Kier alpha value is -10.2. The van der Waals surface area contributed by atoms with Crippen molar-refractivity contribution in [2.45, 2.75) is 27.7 Å². The van der Waals surface area contributed by atoms with Crippen molar-refractivity contribution in [3.05, 3.63) is 301 Å². The zero-order valence-electron chi connectivity index (χ0n) is 45.3. The van der Waals surface area contributed by atoms with Crippen molar-refractivity contribution in [2.75, 3.05) is 9.80 Å². The summed E-state index contributed by atoms with van der Waals surface area (Å²) < 4.78 is 4.90. The Morgan fingerprint density at radius 2 is 0.575 bits per heavy atom. The van der Waals surface area contributed by atoms with Crippen LogP contribution in [0.1, 0.15) is 22.3 Å². The lowest BCUT2D eigenvalue weighted by molar-refractivity contribution is 1.12. The minimum absolute atomic E-state index is 1.10. The van der Waals surface area contributed by atoms with Gasteiger partial charge in [-0.1, -0.05) is 169 Å². The average Bonchev–Trinajstić information content (AvgIpc) is 4.05. The molecule has 0 bridgehead atoms. The van der Waals surface area contributed by atoms with E-state index in [0.29, 0.717) is 0 Å². The molecule has 0 fully saturated rings. The predicted molar refractivity (Wildman–Crippen MR) is 340 cm³/mol. The van der Waals surface area contributed by atoms with Crippen LogP contribution in [0.2, 0.25) is 0 Å². The third-order valence-electron chi connectivity index (χ3n) is 16.2. The Bertz CT molecular complexity index is 4290. The first-order chi connectivity index (χ1) is 39.3. The Labute approximate surface area is 467 Å². The zero-order chi connectivity index (χ0) is 53.8. The lowest BCUT2D eigenvalue weighted by Crippen LogP contribution is -2.10. The molecule has 0 atom stereocenters. The van der Waals surface area contributed by atoms with Gasteiger partial charge in [0.25, 0.3) is 0 Å². The molecule has 0 aliphatic rings. The average molecular weight is 1030 g/mol. The topological polar surface area (TPSA) is 16.3 Å². The maximum Gasteiger partial charge on any atom is 0.0570 e. The first kappa shape index (κ1) is 48.2. The van der Waals surface area contributed by atoms with Crippen LogP contribution in [-0.4, -0.2) is 9.13 Å². The molecule has 382 valence electrons. The fourth-order valence-corrected chi connectivity index (χ4v) is 12.1. The van der Waals surface area contributed by atoms with E-state index in [9.17, 15) is 0 Å². The number of aryl methyl sites for hydroxylation is 4. The summed E-state index contributed by atoms with van der Waals surface area (Å²) in [6.45, 7) is 8.85. The molecule has 0 aliphatic heterocycles. The molecule has 0 N–H and O–H groups in total. The van der Waals surface area contributed by atoms with Crippen LogP contribution in [0.15, 0.2) is 279 Å². The Morgan fingerprint density at radius 3 is 0.950 bits per heavy atom. The van der Waals surface area contributed by atoms with E-state index in [2.05, 4.69) is 326 Å². The van der Waals surface area contributed by atoms with Gasteiger partial charge in [0.2, 0.25) is 0 Å². The summed E-state index contributed by atoms with van der Waals surface area (Å²) in [5, 5.41) is 7.34. The summed E-state index contributed by atoms with van der Waals surface area (Å²) in [4.78, 5) is 4.72. The molecule has 0 amide bonds. The van der Waals surface area contributed by atoms with Crippen molar-refractivity contribution in [3.63, 3.8) is 0 Å². The van der Waals surface area contributed by atoms with Crippen molar-refractivity contribution in [1.29, 1.82) is 0 Å². The van der Waals surface area contributed by atoms with Gasteiger partial charge < -0.3 is 18.9 Å². The van der Waals surface area contributed by atoms with Crippen LogP contribution in [0.5, 0.6) is 0 Å². The summed E-state index contributed by atoms with van der Waals surface area (Å²) >= 11 is 0. The molecule has 4 nitrogen and oxygen atoms in total. The maximum atomic E-state index is 2.45. The second kappa shape index (κ2) is 20.0. The second-order valence-corrected chi connectivity index (χ2v) is 21.3. The van der Waals surface area contributed by atoms with Crippen LogP contribution in [0, 0.1) is 27.7 Å². The minimum Gasteiger partial charge on any atom is -0.310 e.